The largest absolute Gasteiger partial charge is 0.355 e. The minimum atomic E-state index is 0.682. The van der Waals surface area contributed by atoms with Gasteiger partial charge < -0.3 is 10.2 Å². The van der Waals surface area contributed by atoms with Crippen LogP contribution in [0.15, 0.2) is 21.4 Å². The van der Waals surface area contributed by atoms with Crippen LogP contribution in [-0.2, 0) is 6.54 Å². The topological polar surface area (TPSA) is 41.1 Å². The number of hydrogen-bond acceptors (Lipinski definition) is 5. The van der Waals surface area contributed by atoms with Crippen LogP contribution < -0.4 is 10.2 Å². The number of nitrogens with zero attached hydrogens (tertiary/aromatic N) is 3. The molecule has 0 saturated heterocycles. The van der Waals surface area contributed by atoms with Crippen LogP contribution in [0.3, 0.4) is 0 Å². The summed E-state index contributed by atoms with van der Waals surface area (Å²) >= 11 is 5.19. The molecular formula is C13H17BrN4S. The second-order valence-electron chi connectivity index (χ2n) is 4.35. The van der Waals surface area contributed by atoms with Crippen molar-refractivity contribution >= 4 is 39.0 Å². The lowest BCUT2D eigenvalue weighted by atomic mass is 10.3. The third-order valence-corrected chi connectivity index (χ3v) is 4.24. The lowest BCUT2D eigenvalue weighted by molar-refractivity contribution is 0.884. The molecule has 0 bridgehead atoms. The van der Waals surface area contributed by atoms with Gasteiger partial charge in [-0.2, -0.15) is 4.98 Å². The summed E-state index contributed by atoms with van der Waals surface area (Å²) < 4.78 is 1.16. The van der Waals surface area contributed by atoms with Crippen LogP contribution in [0.5, 0.6) is 0 Å². The summed E-state index contributed by atoms with van der Waals surface area (Å²) in [5.41, 5.74) is 2.36. The highest BCUT2D eigenvalue weighted by Gasteiger charge is 2.10. The van der Waals surface area contributed by atoms with Gasteiger partial charge in [0.05, 0.1) is 3.79 Å². The first-order valence-corrected chi connectivity index (χ1v) is 7.79. The van der Waals surface area contributed by atoms with Crippen LogP contribution in [-0.4, -0.2) is 23.6 Å². The second kappa shape index (κ2) is 6.34. The Bertz CT molecular complexity index is 555. The first kappa shape index (κ1) is 14.3. The summed E-state index contributed by atoms with van der Waals surface area (Å²) in [4.78, 5) is 11.0. The Morgan fingerprint density at radius 1 is 1.47 bits per heavy atom. The molecule has 0 atom stereocenters. The molecule has 0 spiro atoms. The van der Waals surface area contributed by atoms with Gasteiger partial charge in [0.25, 0.3) is 0 Å². The summed E-state index contributed by atoms with van der Waals surface area (Å²) in [5, 5.41) is 5.30. The van der Waals surface area contributed by atoms with Gasteiger partial charge in [0.15, 0.2) is 0 Å². The van der Waals surface area contributed by atoms with Crippen molar-refractivity contribution in [3.05, 3.63) is 32.6 Å². The van der Waals surface area contributed by atoms with E-state index < -0.39 is 0 Å². The Morgan fingerprint density at radius 3 is 2.89 bits per heavy atom. The van der Waals surface area contributed by atoms with Crippen LogP contribution in [0.2, 0.25) is 0 Å². The van der Waals surface area contributed by atoms with E-state index >= 15 is 0 Å². The molecule has 2 heterocycles. The van der Waals surface area contributed by atoms with E-state index in [1.807, 2.05) is 20.0 Å². The number of aryl methyl sites for hydroxylation is 1. The fourth-order valence-corrected chi connectivity index (χ4v) is 3.04. The molecule has 0 unspecified atom stereocenters. The van der Waals surface area contributed by atoms with Gasteiger partial charge in [-0.25, -0.2) is 4.98 Å². The van der Waals surface area contributed by atoms with E-state index in [0.29, 0.717) is 5.95 Å². The molecule has 102 valence electrons. The minimum Gasteiger partial charge on any atom is -0.355 e. The van der Waals surface area contributed by atoms with Gasteiger partial charge in [0.2, 0.25) is 5.95 Å². The number of anilines is 2. The Kier molecular flexibility index (Phi) is 4.76. The van der Waals surface area contributed by atoms with Crippen molar-refractivity contribution in [2.75, 3.05) is 23.8 Å². The first-order valence-electron chi connectivity index (χ1n) is 6.11. The third kappa shape index (κ3) is 3.67. The summed E-state index contributed by atoms with van der Waals surface area (Å²) in [6.45, 7) is 5.73. The predicted octanol–water partition coefficient (Wildman–Crippen LogP) is 3.68. The van der Waals surface area contributed by atoms with Crippen molar-refractivity contribution in [3.8, 4) is 0 Å². The predicted molar refractivity (Wildman–Crippen MR) is 85.1 cm³/mol. The molecule has 0 saturated carbocycles. The van der Waals surface area contributed by atoms with E-state index in [1.54, 1.807) is 11.3 Å². The number of thiophene rings is 1. The zero-order valence-corrected chi connectivity index (χ0v) is 13.7. The van der Waals surface area contributed by atoms with Gasteiger partial charge in [0, 0.05) is 31.9 Å². The molecule has 0 fully saturated rings. The number of aromatic nitrogens is 2. The Labute approximate surface area is 126 Å². The SMILES string of the molecule is CCNc1ncc(C)c(N(C)Cc2csc(Br)c2)n1. The monoisotopic (exact) mass is 340 g/mol. The molecule has 2 aromatic rings. The van der Waals surface area contributed by atoms with Crippen LogP contribution in [0.1, 0.15) is 18.1 Å². The van der Waals surface area contributed by atoms with Gasteiger partial charge in [-0.1, -0.05) is 0 Å². The van der Waals surface area contributed by atoms with Crippen molar-refractivity contribution in [2.24, 2.45) is 0 Å². The van der Waals surface area contributed by atoms with E-state index in [0.717, 1.165) is 28.3 Å². The quantitative estimate of drug-likeness (QED) is 0.901. The van der Waals surface area contributed by atoms with Gasteiger partial charge in [-0.05, 0) is 46.8 Å². The molecule has 1 N–H and O–H groups in total. The van der Waals surface area contributed by atoms with Gasteiger partial charge in [0.1, 0.15) is 5.82 Å². The Balaban J connectivity index is 2.17. The smallest absolute Gasteiger partial charge is 0.224 e. The van der Waals surface area contributed by atoms with Crippen LogP contribution >= 0.6 is 27.3 Å². The van der Waals surface area contributed by atoms with Crippen molar-refractivity contribution in [1.29, 1.82) is 0 Å². The molecule has 0 aliphatic carbocycles. The van der Waals surface area contributed by atoms with E-state index in [4.69, 9.17) is 0 Å². The molecule has 6 heteroatoms. The molecule has 4 nitrogen and oxygen atoms in total. The van der Waals surface area contributed by atoms with Crippen LogP contribution in [0, 0.1) is 6.92 Å². The highest BCUT2D eigenvalue weighted by molar-refractivity contribution is 9.11. The maximum Gasteiger partial charge on any atom is 0.224 e. The molecule has 0 aliphatic rings. The van der Waals surface area contributed by atoms with E-state index in [2.05, 4.69) is 54.6 Å². The first-order chi connectivity index (χ1) is 9.10. The zero-order valence-electron chi connectivity index (χ0n) is 11.3. The molecule has 0 radical (unpaired) electrons. The third-order valence-electron chi connectivity index (χ3n) is 2.68. The highest BCUT2D eigenvalue weighted by Crippen LogP contribution is 2.24. The molecule has 19 heavy (non-hydrogen) atoms. The lowest BCUT2D eigenvalue weighted by Crippen LogP contribution is -2.19. The van der Waals surface area contributed by atoms with Crippen molar-refractivity contribution in [3.63, 3.8) is 0 Å². The summed E-state index contributed by atoms with van der Waals surface area (Å²) in [6, 6.07) is 2.14. The molecule has 2 aromatic heterocycles. The molecule has 0 aliphatic heterocycles. The standard InChI is InChI=1S/C13H17BrN4S/c1-4-15-13-16-6-9(2)12(17-13)18(3)7-10-5-11(14)19-8-10/h5-6,8H,4,7H2,1-3H3,(H,15,16,17). The summed E-state index contributed by atoms with van der Waals surface area (Å²) in [6.07, 6.45) is 1.86. The number of rotatable bonds is 5. The van der Waals surface area contributed by atoms with Crippen LogP contribution in [0.4, 0.5) is 11.8 Å². The van der Waals surface area contributed by atoms with E-state index in [9.17, 15) is 0 Å². The molecular weight excluding hydrogens is 324 g/mol. The zero-order chi connectivity index (χ0) is 13.8. The number of halogens is 1. The number of nitrogens with one attached hydrogen (secondary N) is 1. The average Bonchev–Trinajstić information content (AvgIpc) is 2.77. The lowest BCUT2D eigenvalue weighted by Gasteiger charge is -2.20. The second-order valence-corrected chi connectivity index (χ2v) is 6.64. The van der Waals surface area contributed by atoms with Crippen molar-refractivity contribution in [2.45, 2.75) is 20.4 Å². The fraction of sp³-hybridized carbons (Fsp3) is 0.385. The normalized spacial score (nSPS) is 10.5. The molecule has 0 aromatic carbocycles. The average molecular weight is 341 g/mol. The van der Waals surface area contributed by atoms with E-state index in [1.165, 1.54) is 5.56 Å². The maximum absolute atomic E-state index is 4.56. The maximum atomic E-state index is 4.56. The summed E-state index contributed by atoms with van der Waals surface area (Å²) in [5.74, 6) is 1.65. The Hall–Kier alpha value is -1.14. The Morgan fingerprint density at radius 2 is 2.26 bits per heavy atom. The highest BCUT2D eigenvalue weighted by atomic mass is 79.9. The van der Waals surface area contributed by atoms with Gasteiger partial charge in [-0.3, -0.25) is 0 Å². The van der Waals surface area contributed by atoms with E-state index in [-0.39, 0.29) is 0 Å². The number of hydrogen-bond donors (Lipinski definition) is 1. The summed E-state index contributed by atoms with van der Waals surface area (Å²) in [7, 11) is 2.05. The molecule has 2 rings (SSSR count). The van der Waals surface area contributed by atoms with Gasteiger partial charge in [-0.15, -0.1) is 11.3 Å². The molecule has 0 amide bonds. The van der Waals surface area contributed by atoms with Crippen molar-refractivity contribution < 1.29 is 0 Å². The van der Waals surface area contributed by atoms with Gasteiger partial charge >= 0.3 is 0 Å². The van der Waals surface area contributed by atoms with Crippen molar-refractivity contribution in [1.82, 2.24) is 9.97 Å². The van der Waals surface area contributed by atoms with Crippen LogP contribution in [0.25, 0.3) is 0 Å². The fourth-order valence-electron chi connectivity index (χ4n) is 1.84. The minimum absolute atomic E-state index is 0.682.